The van der Waals surface area contributed by atoms with E-state index in [2.05, 4.69) is 36.9 Å². The third kappa shape index (κ3) is 8.30. The molecular formula is C30H36O5. The molecule has 2 N–H and O–H groups in total. The summed E-state index contributed by atoms with van der Waals surface area (Å²) >= 11 is 0. The maximum Gasteiger partial charge on any atom is 0.306 e. The van der Waals surface area contributed by atoms with Crippen molar-refractivity contribution in [3.05, 3.63) is 85.0 Å². The number of aryl methyl sites for hydroxylation is 1. The van der Waals surface area contributed by atoms with Gasteiger partial charge >= 0.3 is 5.97 Å². The van der Waals surface area contributed by atoms with Crippen molar-refractivity contribution in [1.29, 1.82) is 0 Å². The highest BCUT2D eigenvalue weighted by Crippen LogP contribution is 2.33. The highest BCUT2D eigenvalue weighted by Gasteiger charge is 2.39. The van der Waals surface area contributed by atoms with Gasteiger partial charge in [0.2, 0.25) is 0 Å². The largest absolute Gasteiger partial charge is 0.461 e. The lowest BCUT2D eigenvalue weighted by atomic mass is 9.90. The Balaban J connectivity index is 1.45. The van der Waals surface area contributed by atoms with Crippen molar-refractivity contribution in [3.63, 3.8) is 0 Å². The van der Waals surface area contributed by atoms with Crippen molar-refractivity contribution in [3.8, 4) is 0 Å². The van der Waals surface area contributed by atoms with E-state index >= 15 is 0 Å². The van der Waals surface area contributed by atoms with E-state index in [0.717, 1.165) is 12.8 Å². The van der Waals surface area contributed by atoms with Gasteiger partial charge in [0.25, 0.3) is 0 Å². The number of benzene rings is 2. The van der Waals surface area contributed by atoms with Crippen molar-refractivity contribution in [1.82, 2.24) is 0 Å². The molecule has 2 aromatic rings. The first-order valence-electron chi connectivity index (χ1n) is 12.4. The molecule has 0 spiro atoms. The molecule has 1 aliphatic rings. The van der Waals surface area contributed by atoms with Crippen molar-refractivity contribution >= 4 is 22.5 Å². The van der Waals surface area contributed by atoms with Gasteiger partial charge in [-0.1, -0.05) is 79.4 Å². The van der Waals surface area contributed by atoms with Gasteiger partial charge < -0.3 is 14.9 Å². The van der Waals surface area contributed by atoms with Gasteiger partial charge in [-0.2, -0.15) is 0 Å². The van der Waals surface area contributed by atoms with Gasteiger partial charge in [-0.3, -0.25) is 9.59 Å². The number of fused-ring (bicyclic) bond motifs is 1. The summed E-state index contributed by atoms with van der Waals surface area (Å²) in [5.74, 6) is -0.772. The van der Waals surface area contributed by atoms with Gasteiger partial charge in [-0.15, -0.1) is 0 Å². The quantitative estimate of drug-likeness (QED) is 0.239. The molecule has 0 aromatic heterocycles. The normalized spacial score (nSPS) is 21.2. The Kier molecular flexibility index (Phi) is 10.5. The highest BCUT2D eigenvalue weighted by molar-refractivity contribution is 5.85. The molecule has 5 nitrogen and oxygen atoms in total. The maximum atomic E-state index is 12.4. The smallest absolute Gasteiger partial charge is 0.306 e. The van der Waals surface area contributed by atoms with E-state index in [-0.39, 0.29) is 36.6 Å². The number of hydrogen-bond donors (Lipinski definition) is 2. The number of ketones is 1. The fraction of sp³-hybridized carbons (Fsp3) is 0.400. The van der Waals surface area contributed by atoms with E-state index in [1.54, 1.807) is 12.2 Å². The van der Waals surface area contributed by atoms with Crippen molar-refractivity contribution < 1.29 is 24.5 Å². The summed E-state index contributed by atoms with van der Waals surface area (Å²) in [6.45, 7) is 3.74. The summed E-state index contributed by atoms with van der Waals surface area (Å²) in [4.78, 5) is 23.9. The van der Waals surface area contributed by atoms with Crippen LogP contribution in [0, 0.1) is 11.8 Å². The summed E-state index contributed by atoms with van der Waals surface area (Å²) in [7, 11) is 0. The average Bonchev–Trinajstić information content (AvgIpc) is 3.13. The van der Waals surface area contributed by atoms with Crippen molar-refractivity contribution in [2.24, 2.45) is 11.8 Å². The molecular weight excluding hydrogens is 440 g/mol. The molecule has 1 aliphatic carbocycles. The molecule has 5 heteroatoms. The number of ether oxygens (including phenoxy) is 1. The number of esters is 1. The first-order valence-corrected chi connectivity index (χ1v) is 12.4. The monoisotopic (exact) mass is 476 g/mol. The van der Waals surface area contributed by atoms with Crippen molar-refractivity contribution in [2.45, 2.75) is 57.2 Å². The van der Waals surface area contributed by atoms with Crippen LogP contribution in [-0.4, -0.2) is 40.8 Å². The zero-order valence-corrected chi connectivity index (χ0v) is 20.2. The first-order chi connectivity index (χ1) is 17.0. The average molecular weight is 477 g/mol. The Hall–Kier alpha value is -3.02. The summed E-state index contributed by atoms with van der Waals surface area (Å²) in [6, 6.07) is 14.5. The van der Waals surface area contributed by atoms with Crippen LogP contribution in [0.5, 0.6) is 0 Å². The summed E-state index contributed by atoms with van der Waals surface area (Å²) in [5, 5.41) is 23.3. The number of aliphatic hydroxyl groups excluding tert-OH is 2. The number of aliphatic hydroxyl groups is 2. The van der Waals surface area contributed by atoms with Gasteiger partial charge in [0.15, 0.2) is 0 Å². The second-order valence-corrected chi connectivity index (χ2v) is 9.17. The second kappa shape index (κ2) is 13.8. The van der Waals surface area contributed by atoms with Crippen molar-refractivity contribution in [2.75, 3.05) is 6.61 Å². The molecule has 3 rings (SSSR count). The maximum absolute atomic E-state index is 12.4. The Morgan fingerprint density at radius 2 is 1.97 bits per heavy atom. The third-order valence-electron chi connectivity index (χ3n) is 6.50. The van der Waals surface area contributed by atoms with Crippen LogP contribution in [0.2, 0.25) is 0 Å². The summed E-state index contributed by atoms with van der Waals surface area (Å²) in [6.07, 6.45) is 11.4. The molecule has 0 aliphatic heterocycles. The van der Waals surface area contributed by atoms with Gasteiger partial charge in [0.1, 0.15) is 12.4 Å². The molecule has 2 aromatic carbocycles. The number of rotatable bonds is 13. The number of carbonyl (C=O) groups is 2. The predicted molar refractivity (Wildman–Crippen MR) is 139 cm³/mol. The SMILES string of the molecule is C=CCOC(=O)CCCC=CC[C@H]1C(=O)C[C@@H](O)[C@@H]1C=CC(O)CCc1ccc2ccccc2c1. The van der Waals surface area contributed by atoms with Crippen LogP contribution in [0.1, 0.15) is 44.1 Å². The lowest BCUT2D eigenvalue weighted by Crippen LogP contribution is -2.19. The van der Waals surface area contributed by atoms with Crippen LogP contribution >= 0.6 is 0 Å². The van der Waals surface area contributed by atoms with E-state index in [4.69, 9.17) is 4.74 Å². The molecule has 186 valence electrons. The molecule has 0 saturated heterocycles. The Bertz CT molecular complexity index is 1050. The standard InChI is InChI=1S/C30H36O5/c1-2-19-35-30(34)12-6-4-3-5-11-26-27(29(33)21-28(26)32)18-17-25(31)16-14-22-13-15-23-9-7-8-10-24(23)20-22/h2-3,5,7-10,13,15,17-18,20,25-27,29,31,33H,1,4,6,11-12,14,16,19,21H2/t25?,26-,27-,29-/m1/s1. The zero-order valence-electron chi connectivity index (χ0n) is 20.2. The topological polar surface area (TPSA) is 83.8 Å². The van der Waals surface area contributed by atoms with Crippen LogP contribution in [-0.2, 0) is 20.7 Å². The molecule has 0 amide bonds. The van der Waals surface area contributed by atoms with Crippen LogP contribution in [0.25, 0.3) is 10.8 Å². The van der Waals surface area contributed by atoms with Gasteiger partial charge in [0.05, 0.1) is 12.2 Å². The number of unbranched alkanes of at least 4 members (excludes halogenated alkanes) is 1. The molecule has 0 heterocycles. The molecule has 1 saturated carbocycles. The van der Waals surface area contributed by atoms with E-state index in [9.17, 15) is 19.8 Å². The Morgan fingerprint density at radius 3 is 2.77 bits per heavy atom. The van der Waals surface area contributed by atoms with Gasteiger partial charge in [-0.25, -0.2) is 0 Å². The third-order valence-corrected chi connectivity index (χ3v) is 6.50. The lowest BCUT2D eigenvalue weighted by molar-refractivity contribution is -0.142. The molecule has 0 bridgehead atoms. The first kappa shape index (κ1) is 26.6. The zero-order chi connectivity index (χ0) is 25.0. The molecule has 0 radical (unpaired) electrons. The summed E-state index contributed by atoms with van der Waals surface area (Å²) < 4.78 is 4.94. The minimum atomic E-state index is -0.718. The molecule has 1 fully saturated rings. The number of allylic oxidation sites excluding steroid dienone is 2. The van der Waals surface area contributed by atoms with Crippen LogP contribution < -0.4 is 0 Å². The number of Topliss-reactive ketones (excluding diaryl/α,β-unsaturated/α-hetero) is 1. The van der Waals surface area contributed by atoms with E-state index < -0.39 is 12.2 Å². The van der Waals surface area contributed by atoms with Crippen LogP contribution in [0.15, 0.2) is 79.4 Å². The number of carbonyl (C=O) groups excluding carboxylic acids is 2. The Labute approximate surface area is 207 Å². The van der Waals surface area contributed by atoms with Gasteiger partial charge in [0, 0.05) is 24.7 Å². The molecule has 35 heavy (non-hydrogen) atoms. The van der Waals surface area contributed by atoms with Crippen LogP contribution in [0.3, 0.4) is 0 Å². The fourth-order valence-electron chi connectivity index (χ4n) is 4.54. The van der Waals surface area contributed by atoms with E-state index in [0.29, 0.717) is 25.7 Å². The van der Waals surface area contributed by atoms with Gasteiger partial charge in [-0.05, 0) is 48.4 Å². The van der Waals surface area contributed by atoms with E-state index in [1.165, 1.54) is 16.3 Å². The molecule has 4 atom stereocenters. The predicted octanol–water partition coefficient (Wildman–Crippen LogP) is 5.10. The molecule has 1 unspecified atom stereocenters. The van der Waals surface area contributed by atoms with E-state index in [1.807, 2.05) is 30.4 Å². The second-order valence-electron chi connectivity index (χ2n) is 9.17. The number of hydrogen-bond acceptors (Lipinski definition) is 5. The minimum Gasteiger partial charge on any atom is -0.461 e. The fourth-order valence-corrected chi connectivity index (χ4v) is 4.54. The lowest BCUT2D eigenvalue weighted by Gasteiger charge is -2.16. The summed E-state index contributed by atoms with van der Waals surface area (Å²) in [5.41, 5.74) is 1.17. The van der Waals surface area contributed by atoms with Crippen LogP contribution in [0.4, 0.5) is 0 Å². The minimum absolute atomic E-state index is 0.0513. The highest BCUT2D eigenvalue weighted by atomic mass is 16.5. The Morgan fingerprint density at radius 1 is 1.17 bits per heavy atom.